The van der Waals surface area contributed by atoms with Gasteiger partial charge in [-0.05, 0) is 6.92 Å². The van der Waals surface area contributed by atoms with Gasteiger partial charge in [-0.15, -0.1) is 0 Å². The number of hydrogen-bond acceptors (Lipinski definition) is 3. The fourth-order valence-corrected chi connectivity index (χ4v) is 1.10. The lowest BCUT2D eigenvalue weighted by Gasteiger charge is -2.44. The van der Waals surface area contributed by atoms with Crippen LogP contribution >= 0.6 is 0 Å². The third-order valence-electron chi connectivity index (χ3n) is 1.92. The molecule has 0 spiro atoms. The fraction of sp³-hybridized carbons (Fsp3) is 0.625. The van der Waals surface area contributed by atoms with Crippen molar-refractivity contribution in [2.24, 2.45) is 0 Å². The molecule has 2 atom stereocenters. The predicted octanol–water partition coefficient (Wildman–Crippen LogP) is 1.73. The first-order valence-corrected chi connectivity index (χ1v) is 3.99. The summed E-state index contributed by atoms with van der Waals surface area (Å²) in [5.74, 6) is -5.30. The topological polar surface area (TPSA) is 35.5 Å². The number of esters is 1. The molecule has 2 unspecified atom stereocenters. The Morgan fingerprint density at radius 1 is 1.53 bits per heavy atom. The van der Waals surface area contributed by atoms with Crippen LogP contribution < -0.4 is 0 Å². The number of halogens is 4. The summed E-state index contributed by atoms with van der Waals surface area (Å²) in [5, 5.41) is 0. The van der Waals surface area contributed by atoms with Crippen molar-refractivity contribution in [2.45, 2.75) is 31.2 Å². The van der Waals surface area contributed by atoms with E-state index in [2.05, 4.69) is 16.1 Å². The average molecular weight is 228 g/mol. The van der Waals surface area contributed by atoms with E-state index >= 15 is 0 Å². The monoisotopic (exact) mass is 228 g/mol. The van der Waals surface area contributed by atoms with Crippen molar-refractivity contribution in [1.29, 1.82) is 0 Å². The lowest BCUT2D eigenvalue weighted by molar-refractivity contribution is -0.485. The van der Waals surface area contributed by atoms with E-state index in [4.69, 9.17) is 0 Å². The highest BCUT2D eigenvalue weighted by atomic mass is 19.3. The maximum absolute atomic E-state index is 12.7. The minimum absolute atomic E-state index is 0.742. The van der Waals surface area contributed by atoms with Gasteiger partial charge in [0.2, 0.25) is 0 Å². The van der Waals surface area contributed by atoms with E-state index < -0.39 is 30.2 Å². The molecule has 7 heteroatoms. The highest BCUT2D eigenvalue weighted by Gasteiger charge is 2.76. The van der Waals surface area contributed by atoms with Crippen LogP contribution in [-0.2, 0) is 14.3 Å². The summed E-state index contributed by atoms with van der Waals surface area (Å²) in [6.45, 7) is 4.07. The van der Waals surface area contributed by atoms with Crippen molar-refractivity contribution in [2.75, 3.05) is 0 Å². The smallest absolute Gasteiger partial charge is 0.422 e. The first kappa shape index (κ1) is 12.0. The van der Waals surface area contributed by atoms with Gasteiger partial charge in [0, 0.05) is 6.08 Å². The van der Waals surface area contributed by atoms with Crippen molar-refractivity contribution >= 4 is 5.97 Å². The number of ether oxygens (including phenoxy) is 2. The van der Waals surface area contributed by atoms with E-state index in [0.29, 0.717) is 0 Å². The highest BCUT2D eigenvalue weighted by Crippen LogP contribution is 2.51. The molecule has 1 rings (SSSR count). The molecular weight excluding hydrogens is 220 g/mol. The summed E-state index contributed by atoms with van der Waals surface area (Å²) in [6, 6.07) is 0. The standard InChI is InChI=1S/C8H8F4O3/c1-3-5(13)14-4(2)6-7(9,10)8(11,12)15-6/h3-4,6H,1H2,2H3. The van der Waals surface area contributed by atoms with Gasteiger partial charge >= 0.3 is 18.0 Å². The largest absolute Gasteiger partial charge is 0.456 e. The SMILES string of the molecule is C=CC(=O)OC(C)C1OC(F)(F)C1(F)F. The van der Waals surface area contributed by atoms with Gasteiger partial charge < -0.3 is 9.47 Å². The summed E-state index contributed by atoms with van der Waals surface area (Å²) in [6.07, 6.45) is -7.35. The Hall–Kier alpha value is -1.11. The maximum Gasteiger partial charge on any atom is 0.422 e. The average Bonchev–Trinajstić information content (AvgIpc) is 2.13. The Balaban J connectivity index is 2.61. The number of carbonyl (C=O) groups is 1. The summed E-state index contributed by atoms with van der Waals surface area (Å²) in [7, 11) is 0. The van der Waals surface area contributed by atoms with Gasteiger partial charge in [-0.1, -0.05) is 6.58 Å². The zero-order valence-corrected chi connectivity index (χ0v) is 7.68. The van der Waals surface area contributed by atoms with Crippen LogP contribution in [0.3, 0.4) is 0 Å². The molecule has 0 N–H and O–H groups in total. The molecule has 1 fully saturated rings. The Labute approximate surface area is 82.6 Å². The number of rotatable bonds is 3. The molecule has 0 aromatic heterocycles. The van der Waals surface area contributed by atoms with Crippen LogP contribution in [-0.4, -0.2) is 30.2 Å². The zero-order valence-electron chi connectivity index (χ0n) is 7.68. The normalized spacial score (nSPS) is 28.7. The third-order valence-corrected chi connectivity index (χ3v) is 1.92. The number of alkyl halides is 4. The summed E-state index contributed by atoms with van der Waals surface area (Å²) in [4.78, 5) is 10.6. The maximum atomic E-state index is 12.7. The van der Waals surface area contributed by atoms with Gasteiger partial charge in [0.05, 0.1) is 0 Å². The van der Waals surface area contributed by atoms with Crippen molar-refractivity contribution < 1.29 is 31.8 Å². The minimum atomic E-state index is -4.49. The molecule has 3 nitrogen and oxygen atoms in total. The van der Waals surface area contributed by atoms with Gasteiger partial charge in [-0.3, -0.25) is 0 Å². The van der Waals surface area contributed by atoms with Crippen molar-refractivity contribution in [3.63, 3.8) is 0 Å². The van der Waals surface area contributed by atoms with E-state index in [0.717, 1.165) is 13.0 Å². The molecule has 0 aromatic carbocycles. The lowest BCUT2D eigenvalue weighted by atomic mass is 10.0. The Morgan fingerprint density at radius 2 is 2.07 bits per heavy atom. The first-order valence-electron chi connectivity index (χ1n) is 3.99. The second-order valence-corrected chi connectivity index (χ2v) is 3.02. The van der Waals surface area contributed by atoms with E-state index in [1.807, 2.05) is 0 Å². The molecule has 0 saturated carbocycles. The molecule has 0 aliphatic carbocycles. The molecule has 0 aromatic rings. The molecule has 1 heterocycles. The summed E-state index contributed by atoms with van der Waals surface area (Å²) >= 11 is 0. The van der Waals surface area contributed by atoms with Crippen LogP contribution in [0.15, 0.2) is 12.7 Å². The molecule has 0 bridgehead atoms. The molecule has 0 radical (unpaired) electrons. The third kappa shape index (κ3) is 1.83. The minimum Gasteiger partial charge on any atom is -0.456 e. The predicted molar refractivity (Wildman–Crippen MR) is 40.5 cm³/mol. The summed E-state index contributed by atoms with van der Waals surface area (Å²) < 4.78 is 57.8. The van der Waals surface area contributed by atoms with E-state index in [-0.39, 0.29) is 0 Å². The quantitative estimate of drug-likeness (QED) is 0.419. The molecule has 0 amide bonds. The van der Waals surface area contributed by atoms with Crippen LogP contribution in [0.4, 0.5) is 17.6 Å². The van der Waals surface area contributed by atoms with Gasteiger partial charge in [-0.2, -0.15) is 17.6 Å². The van der Waals surface area contributed by atoms with Gasteiger partial charge in [0.25, 0.3) is 0 Å². The van der Waals surface area contributed by atoms with Crippen molar-refractivity contribution in [1.82, 2.24) is 0 Å². The van der Waals surface area contributed by atoms with E-state index in [9.17, 15) is 22.4 Å². The Morgan fingerprint density at radius 3 is 2.40 bits per heavy atom. The van der Waals surface area contributed by atoms with Crippen molar-refractivity contribution in [3.05, 3.63) is 12.7 Å². The van der Waals surface area contributed by atoms with Crippen LogP contribution in [0, 0.1) is 0 Å². The van der Waals surface area contributed by atoms with Crippen LogP contribution in [0.25, 0.3) is 0 Å². The van der Waals surface area contributed by atoms with Crippen molar-refractivity contribution in [3.8, 4) is 0 Å². The van der Waals surface area contributed by atoms with E-state index in [1.54, 1.807) is 0 Å². The molecule has 1 saturated heterocycles. The molecule has 15 heavy (non-hydrogen) atoms. The molecule has 86 valence electrons. The second-order valence-electron chi connectivity index (χ2n) is 3.02. The molecular formula is C8H8F4O3. The number of carbonyl (C=O) groups excluding carboxylic acids is 1. The fourth-order valence-electron chi connectivity index (χ4n) is 1.10. The van der Waals surface area contributed by atoms with Gasteiger partial charge in [0.15, 0.2) is 6.10 Å². The first-order chi connectivity index (χ1) is 6.72. The Bertz CT molecular complexity index is 290. The molecule has 1 aliphatic rings. The number of hydrogen-bond donors (Lipinski definition) is 0. The van der Waals surface area contributed by atoms with Gasteiger partial charge in [-0.25, -0.2) is 4.79 Å². The highest BCUT2D eigenvalue weighted by molar-refractivity contribution is 5.81. The van der Waals surface area contributed by atoms with Gasteiger partial charge in [0.1, 0.15) is 6.10 Å². The molecule has 1 aliphatic heterocycles. The summed E-state index contributed by atoms with van der Waals surface area (Å²) in [5.41, 5.74) is 0. The lowest BCUT2D eigenvalue weighted by Crippen LogP contribution is -2.68. The van der Waals surface area contributed by atoms with Crippen LogP contribution in [0.5, 0.6) is 0 Å². The second kappa shape index (κ2) is 3.48. The Kier molecular flexibility index (Phi) is 2.77. The zero-order chi connectivity index (χ0) is 11.9. The van der Waals surface area contributed by atoms with E-state index in [1.165, 1.54) is 0 Å². The van der Waals surface area contributed by atoms with Crippen LogP contribution in [0.2, 0.25) is 0 Å². The van der Waals surface area contributed by atoms with Crippen LogP contribution in [0.1, 0.15) is 6.92 Å².